The molecular formula is C16H20N4O. The lowest BCUT2D eigenvalue weighted by atomic mass is 9.73. The minimum absolute atomic E-state index is 0.272. The Bertz CT molecular complexity index is 620. The Morgan fingerprint density at radius 1 is 1.33 bits per heavy atom. The van der Waals surface area contributed by atoms with Gasteiger partial charge in [0.15, 0.2) is 5.82 Å². The van der Waals surface area contributed by atoms with Crippen molar-refractivity contribution in [1.29, 1.82) is 0 Å². The summed E-state index contributed by atoms with van der Waals surface area (Å²) in [5.41, 5.74) is 1.63. The summed E-state index contributed by atoms with van der Waals surface area (Å²) in [5.74, 6) is 1.89. The van der Waals surface area contributed by atoms with Crippen LogP contribution in [0.2, 0.25) is 0 Å². The topological polar surface area (TPSA) is 54.2 Å². The normalized spacial score (nSPS) is 24.3. The highest BCUT2D eigenvalue weighted by molar-refractivity contribution is 5.18. The summed E-state index contributed by atoms with van der Waals surface area (Å²) in [5, 5.41) is 7.39. The van der Waals surface area contributed by atoms with E-state index in [1.807, 2.05) is 6.92 Å². The predicted octanol–water partition coefficient (Wildman–Crippen LogP) is 1.57. The Morgan fingerprint density at radius 3 is 2.76 bits per heavy atom. The third-order valence-corrected chi connectivity index (χ3v) is 4.76. The molecule has 2 aromatic rings. The van der Waals surface area contributed by atoms with Crippen molar-refractivity contribution in [2.75, 3.05) is 26.2 Å². The number of likely N-dealkylation sites (tertiary alicyclic amines) is 1. The Labute approximate surface area is 124 Å². The van der Waals surface area contributed by atoms with Crippen LogP contribution in [0.1, 0.15) is 23.2 Å². The first-order valence-corrected chi connectivity index (χ1v) is 7.52. The molecule has 2 aliphatic heterocycles. The van der Waals surface area contributed by atoms with Gasteiger partial charge in [-0.1, -0.05) is 35.5 Å². The standard InChI is InChI=1S/C16H20N4O/c1-12-18-15(21-19-12)14-8-20(11-16(14)9-17-10-16)7-13-5-3-2-4-6-13/h2-6,14,17H,7-11H2,1H3. The molecule has 1 spiro atoms. The summed E-state index contributed by atoms with van der Waals surface area (Å²) < 4.78 is 5.46. The van der Waals surface area contributed by atoms with Gasteiger partial charge >= 0.3 is 0 Å². The maximum absolute atomic E-state index is 5.46. The van der Waals surface area contributed by atoms with Crippen LogP contribution in [0.4, 0.5) is 0 Å². The van der Waals surface area contributed by atoms with Crippen molar-refractivity contribution in [3.05, 3.63) is 47.6 Å². The molecule has 1 aromatic heterocycles. The number of hydrogen-bond acceptors (Lipinski definition) is 5. The maximum atomic E-state index is 5.46. The second kappa shape index (κ2) is 4.93. The van der Waals surface area contributed by atoms with Gasteiger partial charge in [0, 0.05) is 38.1 Å². The van der Waals surface area contributed by atoms with E-state index in [-0.39, 0.29) is 5.41 Å². The monoisotopic (exact) mass is 284 g/mol. The molecule has 5 nitrogen and oxygen atoms in total. The van der Waals surface area contributed by atoms with E-state index in [0.29, 0.717) is 5.92 Å². The Balaban J connectivity index is 1.55. The number of nitrogens with zero attached hydrogens (tertiary/aromatic N) is 3. The first-order chi connectivity index (χ1) is 10.3. The summed E-state index contributed by atoms with van der Waals surface area (Å²) in [4.78, 5) is 6.99. The van der Waals surface area contributed by atoms with Gasteiger partial charge in [-0.15, -0.1) is 0 Å². The highest BCUT2D eigenvalue weighted by Crippen LogP contribution is 2.45. The van der Waals surface area contributed by atoms with Gasteiger partial charge in [0.1, 0.15) is 0 Å². The fraction of sp³-hybridized carbons (Fsp3) is 0.500. The molecule has 1 N–H and O–H groups in total. The largest absolute Gasteiger partial charge is 0.339 e. The molecule has 0 aliphatic carbocycles. The first-order valence-electron chi connectivity index (χ1n) is 7.52. The van der Waals surface area contributed by atoms with Crippen LogP contribution >= 0.6 is 0 Å². The molecule has 1 atom stereocenters. The molecule has 0 saturated carbocycles. The molecule has 2 aliphatic rings. The molecule has 21 heavy (non-hydrogen) atoms. The molecule has 2 saturated heterocycles. The van der Waals surface area contributed by atoms with E-state index < -0.39 is 0 Å². The average molecular weight is 284 g/mol. The summed E-state index contributed by atoms with van der Waals surface area (Å²) in [6.45, 7) is 7.07. The van der Waals surface area contributed by atoms with Crippen LogP contribution in [0.3, 0.4) is 0 Å². The lowest BCUT2D eigenvalue weighted by molar-refractivity contribution is 0.136. The summed E-state index contributed by atoms with van der Waals surface area (Å²) in [6, 6.07) is 10.6. The SMILES string of the molecule is Cc1noc(C2CN(Cc3ccccc3)CC23CNC3)n1. The van der Waals surface area contributed by atoms with E-state index in [0.717, 1.165) is 44.4 Å². The zero-order valence-electron chi connectivity index (χ0n) is 12.2. The van der Waals surface area contributed by atoms with Gasteiger partial charge in [0.2, 0.25) is 5.89 Å². The Kier molecular flexibility index (Phi) is 3.05. The van der Waals surface area contributed by atoms with Gasteiger partial charge in [-0.3, -0.25) is 4.90 Å². The highest BCUT2D eigenvalue weighted by atomic mass is 16.5. The lowest BCUT2D eigenvalue weighted by Gasteiger charge is -2.42. The average Bonchev–Trinajstić information content (AvgIpc) is 3.03. The molecule has 4 rings (SSSR count). The molecule has 0 amide bonds. The molecule has 110 valence electrons. The van der Waals surface area contributed by atoms with Crippen LogP contribution in [0.5, 0.6) is 0 Å². The van der Waals surface area contributed by atoms with Gasteiger partial charge in [-0.25, -0.2) is 0 Å². The van der Waals surface area contributed by atoms with E-state index in [1.165, 1.54) is 5.56 Å². The fourth-order valence-electron chi connectivity index (χ4n) is 3.63. The predicted molar refractivity (Wildman–Crippen MR) is 78.8 cm³/mol. The molecule has 3 heterocycles. The second-order valence-electron chi connectivity index (χ2n) is 6.35. The Hall–Kier alpha value is -1.72. The van der Waals surface area contributed by atoms with Crippen LogP contribution in [0.15, 0.2) is 34.9 Å². The van der Waals surface area contributed by atoms with E-state index in [9.17, 15) is 0 Å². The second-order valence-corrected chi connectivity index (χ2v) is 6.35. The minimum Gasteiger partial charge on any atom is -0.339 e. The van der Waals surface area contributed by atoms with Gasteiger partial charge in [0.25, 0.3) is 0 Å². The molecule has 0 radical (unpaired) electrons. The molecule has 1 unspecified atom stereocenters. The number of aryl methyl sites for hydroxylation is 1. The molecule has 1 aromatic carbocycles. The fourth-order valence-corrected chi connectivity index (χ4v) is 3.63. The van der Waals surface area contributed by atoms with Gasteiger partial charge in [0.05, 0.1) is 5.92 Å². The van der Waals surface area contributed by atoms with E-state index in [2.05, 4.69) is 50.7 Å². The quantitative estimate of drug-likeness (QED) is 0.927. The van der Waals surface area contributed by atoms with Crippen molar-refractivity contribution < 1.29 is 4.52 Å². The zero-order valence-corrected chi connectivity index (χ0v) is 12.2. The number of benzene rings is 1. The smallest absolute Gasteiger partial charge is 0.231 e. The van der Waals surface area contributed by atoms with Crippen LogP contribution < -0.4 is 5.32 Å². The van der Waals surface area contributed by atoms with Crippen LogP contribution in [-0.2, 0) is 6.54 Å². The highest BCUT2D eigenvalue weighted by Gasteiger charge is 2.53. The first kappa shape index (κ1) is 13.0. The number of aromatic nitrogens is 2. The third-order valence-electron chi connectivity index (χ3n) is 4.76. The van der Waals surface area contributed by atoms with Crippen molar-refractivity contribution in [2.24, 2.45) is 5.41 Å². The van der Waals surface area contributed by atoms with Crippen LogP contribution in [0.25, 0.3) is 0 Å². The van der Waals surface area contributed by atoms with Gasteiger partial charge in [-0.2, -0.15) is 4.98 Å². The van der Waals surface area contributed by atoms with Crippen molar-refractivity contribution in [3.63, 3.8) is 0 Å². The van der Waals surface area contributed by atoms with Crippen LogP contribution in [-0.4, -0.2) is 41.2 Å². The van der Waals surface area contributed by atoms with Gasteiger partial charge in [-0.05, 0) is 12.5 Å². The third kappa shape index (κ3) is 2.26. The molecular weight excluding hydrogens is 264 g/mol. The van der Waals surface area contributed by atoms with Crippen molar-refractivity contribution in [1.82, 2.24) is 20.4 Å². The minimum atomic E-state index is 0.272. The zero-order chi connectivity index (χ0) is 14.3. The summed E-state index contributed by atoms with van der Waals surface area (Å²) >= 11 is 0. The van der Waals surface area contributed by atoms with E-state index >= 15 is 0 Å². The molecule has 0 bridgehead atoms. The van der Waals surface area contributed by atoms with E-state index in [4.69, 9.17) is 4.52 Å². The Morgan fingerprint density at radius 2 is 2.14 bits per heavy atom. The number of nitrogens with one attached hydrogen (secondary N) is 1. The number of rotatable bonds is 3. The van der Waals surface area contributed by atoms with E-state index in [1.54, 1.807) is 0 Å². The lowest BCUT2D eigenvalue weighted by Crippen LogP contribution is -2.57. The maximum Gasteiger partial charge on any atom is 0.231 e. The molecule has 5 heteroatoms. The summed E-state index contributed by atoms with van der Waals surface area (Å²) in [7, 11) is 0. The number of hydrogen-bond donors (Lipinski definition) is 1. The molecule has 2 fully saturated rings. The van der Waals surface area contributed by atoms with Gasteiger partial charge < -0.3 is 9.84 Å². The van der Waals surface area contributed by atoms with Crippen molar-refractivity contribution in [2.45, 2.75) is 19.4 Å². The summed E-state index contributed by atoms with van der Waals surface area (Å²) in [6.07, 6.45) is 0. The van der Waals surface area contributed by atoms with Crippen LogP contribution in [0, 0.1) is 12.3 Å². The van der Waals surface area contributed by atoms with Crippen molar-refractivity contribution in [3.8, 4) is 0 Å². The van der Waals surface area contributed by atoms with Crippen molar-refractivity contribution >= 4 is 0 Å².